The Kier molecular flexibility index (Phi) is 12.0. The predicted octanol–water partition coefficient (Wildman–Crippen LogP) is 1.60. The molecule has 0 aliphatic carbocycles. The van der Waals surface area contributed by atoms with Gasteiger partial charge in [0.1, 0.15) is 0 Å². The Morgan fingerprint density at radius 1 is 1.21 bits per heavy atom. The summed E-state index contributed by atoms with van der Waals surface area (Å²) in [7, 11) is 0. The maximum Gasteiger partial charge on any atom is 0.307 e. The van der Waals surface area contributed by atoms with E-state index in [2.05, 4.69) is 11.8 Å². The standard InChI is InChI=1S/C14H29NO4/c1-3-4-5-6-7-15(8-10-19-11-9-16)12-13(2)14(17)18/h13,16H,3-12H2,1-2H3,(H,17,18). The molecule has 0 aromatic heterocycles. The summed E-state index contributed by atoms with van der Waals surface area (Å²) in [6.07, 6.45) is 4.71. The minimum Gasteiger partial charge on any atom is -0.481 e. The quantitative estimate of drug-likeness (QED) is 0.500. The molecule has 0 aliphatic rings. The number of rotatable bonds is 13. The van der Waals surface area contributed by atoms with E-state index in [1.807, 2.05) is 0 Å². The molecule has 0 heterocycles. The van der Waals surface area contributed by atoms with Crippen molar-refractivity contribution in [1.29, 1.82) is 0 Å². The van der Waals surface area contributed by atoms with Crippen molar-refractivity contribution in [2.75, 3.05) is 39.5 Å². The van der Waals surface area contributed by atoms with Crippen LogP contribution in [-0.4, -0.2) is 60.5 Å². The van der Waals surface area contributed by atoms with Crippen molar-refractivity contribution >= 4 is 5.97 Å². The Morgan fingerprint density at radius 3 is 2.53 bits per heavy atom. The van der Waals surface area contributed by atoms with Gasteiger partial charge in [0.15, 0.2) is 0 Å². The average molecular weight is 275 g/mol. The highest BCUT2D eigenvalue weighted by molar-refractivity contribution is 5.69. The van der Waals surface area contributed by atoms with E-state index < -0.39 is 5.97 Å². The molecule has 0 aromatic rings. The third-order valence-electron chi connectivity index (χ3n) is 3.07. The maximum absolute atomic E-state index is 10.9. The minimum atomic E-state index is -0.755. The van der Waals surface area contributed by atoms with Crippen LogP contribution >= 0.6 is 0 Å². The lowest BCUT2D eigenvalue weighted by Gasteiger charge is -2.24. The zero-order valence-corrected chi connectivity index (χ0v) is 12.3. The Morgan fingerprint density at radius 2 is 1.95 bits per heavy atom. The molecule has 0 saturated heterocycles. The summed E-state index contributed by atoms with van der Waals surface area (Å²) < 4.78 is 5.24. The molecule has 5 nitrogen and oxygen atoms in total. The number of carboxylic acids is 1. The number of aliphatic hydroxyl groups is 1. The Hall–Kier alpha value is -0.650. The number of unbranched alkanes of at least 4 members (excludes halogenated alkanes) is 3. The lowest BCUT2D eigenvalue weighted by Crippen LogP contribution is -2.35. The summed E-state index contributed by atoms with van der Waals surface area (Å²) in [5, 5.41) is 17.6. The van der Waals surface area contributed by atoms with E-state index in [1.165, 1.54) is 19.3 Å². The average Bonchev–Trinajstić information content (AvgIpc) is 2.38. The van der Waals surface area contributed by atoms with Crippen molar-refractivity contribution in [1.82, 2.24) is 4.90 Å². The van der Waals surface area contributed by atoms with Crippen LogP contribution in [0, 0.1) is 5.92 Å². The topological polar surface area (TPSA) is 70.0 Å². The third-order valence-corrected chi connectivity index (χ3v) is 3.07. The van der Waals surface area contributed by atoms with Gasteiger partial charge in [-0.2, -0.15) is 0 Å². The fourth-order valence-electron chi connectivity index (χ4n) is 1.88. The first-order valence-electron chi connectivity index (χ1n) is 7.25. The van der Waals surface area contributed by atoms with E-state index in [9.17, 15) is 4.79 Å². The van der Waals surface area contributed by atoms with Crippen molar-refractivity contribution in [2.45, 2.75) is 39.5 Å². The van der Waals surface area contributed by atoms with Crippen molar-refractivity contribution in [2.24, 2.45) is 5.92 Å². The zero-order chi connectivity index (χ0) is 14.5. The van der Waals surface area contributed by atoms with Crippen molar-refractivity contribution < 1.29 is 19.7 Å². The van der Waals surface area contributed by atoms with Gasteiger partial charge in [-0.3, -0.25) is 4.79 Å². The molecule has 114 valence electrons. The number of carbonyl (C=O) groups is 1. The highest BCUT2D eigenvalue weighted by Crippen LogP contribution is 2.05. The molecule has 0 aromatic carbocycles. The van der Waals surface area contributed by atoms with E-state index >= 15 is 0 Å². The fraction of sp³-hybridized carbons (Fsp3) is 0.929. The van der Waals surface area contributed by atoms with E-state index in [4.69, 9.17) is 14.9 Å². The molecule has 0 spiro atoms. The van der Waals surface area contributed by atoms with Crippen LogP contribution in [0.4, 0.5) is 0 Å². The summed E-state index contributed by atoms with van der Waals surface area (Å²) in [5.74, 6) is -1.11. The largest absolute Gasteiger partial charge is 0.481 e. The molecule has 1 atom stereocenters. The van der Waals surface area contributed by atoms with E-state index in [0.717, 1.165) is 19.5 Å². The smallest absolute Gasteiger partial charge is 0.307 e. The van der Waals surface area contributed by atoms with Crippen LogP contribution in [0.1, 0.15) is 39.5 Å². The normalized spacial score (nSPS) is 12.8. The number of nitrogens with zero attached hydrogens (tertiary/aromatic N) is 1. The van der Waals surface area contributed by atoms with Crippen LogP contribution in [0.3, 0.4) is 0 Å². The van der Waals surface area contributed by atoms with E-state index in [1.54, 1.807) is 6.92 Å². The Labute approximate surface area is 116 Å². The summed E-state index contributed by atoms with van der Waals surface area (Å²) in [4.78, 5) is 13.0. The number of aliphatic hydroxyl groups excluding tert-OH is 1. The van der Waals surface area contributed by atoms with E-state index in [0.29, 0.717) is 19.8 Å². The van der Waals surface area contributed by atoms with Gasteiger partial charge in [0.05, 0.1) is 25.7 Å². The number of hydrogen-bond acceptors (Lipinski definition) is 4. The van der Waals surface area contributed by atoms with Gasteiger partial charge in [-0.05, 0) is 13.0 Å². The summed E-state index contributed by atoms with van der Waals surface area (Å²) >= 11 is 0. The molecular weight excluding hydrogens is 246 g/mol. The second-order valence-electron chi connectivity index (χ2n) is 4.94. The van der Waals surface area contributed by atoms with Gasteiger partial charge in [-0.25, -0.2) is 0 Å². The lowest BCUT2D eigenvalue weighted by molar-refractivity contribution is -0.141. The molecule has 2 N–H and O–H groups in total. The third kappa shape index (κ3) is 10.9. The Bertz CT molecular complexity index is 211. The molecule has 0 amide bonds. The molecule has 19 heavy (non-hydrogen) atoms. The molecule has 0 fully saturated rings. The summed E-state index contributed by atoms with van der Waals surface area (Å²) in [6, 6.07) is 0. The first kappa shape index (κ1) is 18.4. The molecule has 1 unspecified atom stereocenters. The van der Waals surface area contributed by atoms with Crippen LogP contribution in [0.15, 0.2) is 0 Å². The minimum absolute atomic E-state index is 0.0298. The van der Waals surface area contributed by atoms with Gasteiger partial charge in [0, 0.05) is 13.1 Å². The van der Waals surface area contributed by atoms with Crippen LogP contribution in [0.25, 0.3) is 0 Å². The van der Waals surface area contributed by atoms with Gasteiger partial charge < -0.3 is 19.8 Å². The molecule has 0 rings (SSSR count). The lowest BCUT2D eigenvalue weighted by atomic mass is 10.1. The molecule has 0 aliphatic heterocycles. The number of hydrogen-bond donors (Lipinski definition) is 2. The van der Waals surface area contributed by atoms with Crippen LogP contribution in [-0.2, 0) is 9.53 Å². The van der Waals surface area contributed by atoms with Gasteiger partial charge in [-0.15, -0.1) is 0 Å². The number of carboxylic acid groups (broad SMARTS) is 1. The predicted molar refractivity (Wildman–Crippen MR) is 75.3 cm³/mol. The molecular formula is C14H29NO4. The van der Waals surface area contributed by atoms with Crippen LogP contribution in [0.2, 0.25) is 0 Å². The second kappa shape index (κ2) is 12.4. The Balaban J connectivity index is 3.95. The van der Waals surface area contributed by atoms with Crippen molar-refractivity contribution in [3.8, 4) is 0 Å². The summed E-state index contributed by atoms with van der Waals surface area (Å²) in [5.41, 5.74) is 0. The fourth-order valence-corrected chi connectivity index (χ4v) is 1.88. The monoisotopic (exact) mass is 275 g/mol. The molecule has 0 radical (unpaired) electrons. The molecule has 5 heteroatoms. The highest BCUT2D eigenvalue weighted by Gasteiger charge is 2.15. The first-order valence-corrected chi connectivity index (χ1v) is 7.25. The van der Waals surface area contributed by atoms with Crippen molar-refractivity contribution in [3.05, 3.63) is 0 Å². The van der Waals surface area contributed by atoms with Crippen LogP contribution in [0.5, 0.6) is 0 Å². The summed E-state index contributed by atoms with van der Waals surface area (Å²) in [6.45, 7) is 7.03. The number of aliphatic carboxylic acids is 1. The van der Waals surface area contributed by atoms with Gasteiger partial charge in [0.25, 0.3) is 0 Å². The van der Waals surface area contributed by atoms with E-state index in [-0.39, 0.29) is 12.5 Å². The van der Waals surface area contributed by atoms with Gasteiger partial charge in [0.2, 0.25) is 0 Å². The number of ether oxygens (including phenoxy) is 1. The zero-order valence-electron chi connectivity index (χ0n) is 12.3. The van der Waals surface area contributed by atoms with Gasteiger partial charge >= 0.3 is 5.97 Å². The maximum atomic E-state index is 10.9. The highest BCUT2D eigenvalue weighted by atomic mass is 16.5. The SMILES string of the molecule is CCCCCCN(CCOCCO)CC(C)C(=O)O. The van der Waals surface area contributed by atoms with Crippen molar-refractivity contribution in [3.63, 3.8) is 0 Å². The molecule has 0 saturated carbocycles. The van der Waals surface area contributed by atoms with Gasteiger partial charge in [-0.1, -0.05) is 33.1 Å². The second-order valence-corrected chi connectivity index (χ2v) is 4.94. The van der Waals surface area contributed by atoms with Crippen LogP contribution < -0.4 is 0 Å². The first-order chi connectivity index (χ1) is 9.11. The molecule has 0 bridgehead atoms.